The highest BCUT2D eigenvalue weighted by Gasteiger charge is 2.46. The van der Waals surface area contributed by atoms with E-state index in [1.807, 2.05) is 42.5 Å². The van der Waals surface area contributed by atoms with Crippen LogP contribution in [0.3, 0.4) is 0 Å². The SMILES string of the molecule is COCCN(CC(=O)N(CCc1ccc(OC)c(OC)c1)Cc1ccco1)C(=O)C1CC1c1ccccc1. The Hall–Kier alpha value is -3.78. The third-order valence-electron chi connectivity index (χ3n) is 6.94. The van der Waals surface area contributed by atoms with Crippen LogP contribution in [0.2, 0.25) is 0 Å². The fourth-order valence-electron chi connectivity index (χ4n) is 4.69. The van der Waals surface area contributed by atoms with E-state index in [0.717, 1.165) is 12.0 Å². The molecule has 0 aliphatic heterocycles. The van der Waals surface area contributed by atoms with Gasteiger partial charge in [0.2, 0.25) is 11.8 Å². The molecule has 2 unspecified atom stereocenters. The van der Waals surface area contributed by atoms with Crippen LogP contribution in [0.4, 0.5) is 0 Å². The molecule has 0 spiro atoms. The van der Waals surface area contributed by atoms with Crippen LogP contribution in [0, 0.1) is 5.92 Å². The lowest BCUT2D eigenvalue weighted by atomic mass is 10.1. The molecule has 1 heterocycles. The van der Waals surface area contributed by atoms with E-state index in [1.54, 1.807) is 43.5 Å². The summed E-state index contributed by atoms with van der Waals surface area (Å²) in [6.07, 6.45) is 3.00. The molecule has 38 heavy (non-hydrogen) atoms. The zero-order chi connectivity index (χ0) is 26.9. The number of ether oxygens (including phenoxy) is 3. The molecule has 202 valence electrons. The second kappa shape index (κ2) is 13.1. The Morgan fingerprint density at radius 3 is 2.39 bits per heavy atom. The first-order valence-corrected chi connectivity index (χ1v) is 12.9. The van der Waals surface area contributed by atoms with Gasteiger partial charge in [-0.05, 0) is 54.2 Å². The highest BCUT2D eigenvalue weighted by molar-refractivity contribution is 5.88. The van der Waals surface area contributed by atoms with Crippen LogP contribution in [0.1, 0.15) is 29.2 Å². The number of rotatable bonds is 14. The van der Waals surface area contributed by atoms with Crippen LogP contribution in [0.25, 0.3) is 0 Å². The van der Waals surface area contributed by atoms with E-state index in [-0.39, 0.29) is 30.2 Å². The molecule has 1 aromatic heterocycles. The number of amides is 2. The molecule has 0 N–H and O–H groups in total. The van der Waals surface area contributed by atoms with Gasteiger partial charge in [0.25, 0.3) is 0 Å². The predicted molar refractivity (Wildman–Crippen MR) is 143 cm³/mol. The van der Waals surface area contributed by atoms with Crippen LogP contribution in [-0.4, -0.2) is 69.2 Å². The van der Waals surface area contributed by atoms with Crippen molar-refractivity contribution in [1.82, 2.24) is 9.80 Å². The summed E-state index contributed by atoms with van der Waals surface area (Å²) in [6, 6.07) is 19.5. The first kappa shape index (κ1) is 27.3. The summed E-state index contributed by atoms with van der Waals surface area (Å²) in [4.78, 5) is 30.4. The molecule has 0 bridgehead atoms. The summed E-state index contributed by atoms with van der Waals surface area (Å²) in [7, 11) is 4.80. The van der Waals surface area contributed by atoms with Crippen molar-refractivity contribution in [3.05, 3.63) is 83.8 Å². The first-order chi connectivity index (χ1) is 18.5. The minimum absolute atomic E-state index is 0.00194. The first-order valence-electron chi connectivity index (χ1n) is 12.9. The van der Waals surface area contributed by atoms with Gasteiger partial charge in [-0.1, -0.05) is 36.4 Å². The van der Waals surface area contributed by atoms with Crippen molar-refractivity contribution in [2.75, 3.05) is 47.6 Å². The minimum Gasteiger partial charge on any atom is -0.493 e. The van der Waals surface area contributed by atoms with Gasteiger partial charge in [0, 0.05) is 26.1 Å². The Labute approximate surface area is 224 Å². The number of furan rings is 1. The van der Waals surface area contributed by atoms with Crippen LogP contribution >= 0.6 is 0 Å². The van der Waals surface area contributed by atoms with Crippen LogP contribution in [0.5, 0.6) is 11.5 Å². The van der Waals surface area contributed by atoms with Gasteiger partial charge in [-0.3, -0.25) is 9.59 Å². The number of nitrogens with zero attached hydrogens (tertiary/aromatic N) is 2. The molecule has 8 nitrogen and oxygen atoms in total. The summed E-state index contributed by atoms with van der Waals surface area (Å²) < 4.78 is 21.5. The number of methoxy groups -OCH3 is 3. The number of hydrogen-bond donors (Lipinski definition) is 0. The van der Waals surface area contributed by atoms with Crippen molar-refractivity contribution < 1.29 is 28.2 Å². The average molecular weight is 521 g/mol. The molecule has 1 aliphatic rings. The average Bonchev–Trinajstić information content (AvgIpc) is 3.59. The largest absolute Gasteiger partial charge is 0.493 e. The maximum absolute atomic E-state index is 13.6. The van der Waals surface area contributed by atoms with E-state index < -0.39 is 0 Å². The Balaban J connectivity index is 1.45. The fraction of sp³-hybridized carbons (Fsp3) is 0.400. The molecule has 2 atom stereocenters. The monoisotopic (exact) mass is 520 g/mol. The van der Waals surface area contributed by atoms with Crippen molar-refractivity contribution in [3.63, 3.8) is 0 Å². The van der Waals surface area contributed by atoms with Crippen molar-refractivity contribution in [1.29, 1.82) is 0 Å². The van der Waals surface area contributed by atoms with Crippen LogP contribution in [0.15, 0.2) is 71.3 Å². The molecule has 0 saturated heterocycles. The number of carbonyl (C=O) groups is 2. The number of carbonyl (C=O) groups excluding carboxylic acids is 2. The summed E-state index contributed by atoms with van der Waals surface area (Å²) in [5.74, 6) is 1.95. The van der Waals surface area contributed by atoms with E-state index in [1.165, 1.54) is 5.56 Å². The zero-order valence-corrected chi connectivity index (χ0v) is 22.3. The summed E-state index contributed by atoms with van der Waals surface area (Å²) in [5, 5.41) is 0. The molecule has 2 amide bonds. The molecular formula is C30H36N2O6. The van der Waals surface area contributed by atoms with Gasteiger partial charge in [0.05, 0.1) is 40.2 Å². The molecule has 0 radical (unpaired) electrons. The predicted octanol–water partition coefficient (Wildman–Crippen LogP) is 4.15. The Morgan fingerprint density at radius 1 is 0.921 bits per heavy atom. The van der Waals surface area contributed by atoms with Gasteiger partial charge in [0.15, 0.2) is 11.5 Å². The Kier molecular flexibility index (Phi) is 9.43. The summed E-state index contributed by atoms with van der Waals surface area (Å²) in [5.41, 5.74) is 2.18. The molecule has 1 saturated carbocycles. The van der Waals surface area contributed by atoms with E-state index >= 15 is 0 Å². The van der Waals surface area contributed by atoms with E-state index in [9.17, 15) is 9.59 Å². The van der Waals surface area contributed by atoms with Gasteiger partial charge in [-0.2, -0.15) is 0 Å². The fourth-order valence-corrected chi connectivity index (χ4v) is 4.69. The van der Waals surface area contributed by atoms with Crippen LogP contribution < -0.4 is 9.47 Å². The number of benzene rings is 2. The van der Waals surface area contributed by atoms with E-state index in [4.69, 9.17) is 18.6 Å². The third-order valence-corrected chi connectivity index (χ3v) is 6.94. The Bertz CT molecular complexity index is 1180. The smallest absolute Gasteiger partial charge is 0.242 e. The third kappa shape index (κ3) is 6.95. The molecule has 1 aliphatic carbocycles. The second-order valence-electron chi connectivity index (χ2n) is 9.45. The van der Waals surface area contributed by atoms with Crippen molar-refractivity contribution in [2.45, 2.75) is 25.3 Å². The van der Waals surface area contributed by atoms with Gasteiger partial charge in [-0.15, -0.1) is 0 Å². The van der Waals surface area contributed by atoms with Gasteiger partial charge in [0.1, 0.15) is 5.76 Å². The van der Waals surface area contributed by atoms with E-state index in [2.05, 4.69) is 12.1 Å². The second-order valence-corrected chi connectivity index (χ2v) is 9.45. The molecule has 3 aromatic rings. The topological polar surface area (TPSA) is 81.5 Å². The Morgan fingerprint density at radius 2 is 1.71 bits per heavy atom. The maximum atomic E-state index is 13.6. The summed E-state index contributed by atoms with van der Waals surface area (Å²) in [6.45, 7) is 1.50. The van der Waals surface area contributed by atoms with Gasteiger partial charge < -0.3 is 28.4 Å². The molecule has 2 aromatic carbocycles. The summed E-state index contributed by atoms with van der Waals surface area (Å²) >= 11 is 0. The van der Waals surface area contributed by atoms with Gasteiger partial charge >= 0.3 is 0 Å². The lowest BCUT2D eigenvalue weighted by Crippen LogP contribution is -2.45. The quantitative estimate of drug-likeness (QED) is 0.318. The van der Waals surface area contributed by atoms with Crippen LogP contribution in [-0.2, 0) is 27.3 Å². The minimum atomic E-state index is -0.136. The molecule has 8 heteroatoms. The molecule has 4 rings (SSSR count). The van der Waals surface area contributed by atoms with E-state index in [0.29, 0.717) is 49.9 Å². The maximum Gasteiger partial charge on any atom is 0.242 e. The number of hydrogen-bond acceptors (Lipinski definition) is 6. The van der Waals surface area contributed by atoms with Crippen molar-refractivity contribution in [3.8, 4) is 11.5 Å². The molecular weight excluding hydrogens is 484 g/mol. The lowest BCUT2D eigenvalue weighted by Gasteiger charge is -2.27. The standard InChI is InChI=1S/C30H36N2O6/c1-35-17-15-32(30(34)26-19-25(26)23-8-5-4-6-9-23)21-29(33)31(20-24-10-7-16-38-24)14-13-22-11-12-27(36-2)28(18-22)37-3/h4-12,16,18,25-26H,13-15,17,19-21H2,1-3H3. The lowest BCUT2D eigenvalue weighted by molar-refractivity contribution is -0.142. The highest BCUT2D eigenvalue weighted by atomic mass is 16.5. The van der Waals surface area contributed by atoms with Crippen molar-refractivity contribution >= 4 is 11.8 Å². The van der Waals surface area contributed by atoms with Crippen molar-refractivity contribution in [2.24, 2.45) is 5.92 Å². The van der Waals surface area contributed by atoms with Gasteiger partial charge in [-0.25, -0.2) is 0 Å². The highest BCUT2D eigenvalue weighted by Crippen LogP contribution is 2.48. The zero-order valence-electron chi connectivity index (χ0n) is 22.3. The normalized spacial score (nSPS) is 16.1. The molecule has 1 fully saturated rings.